The van der Waals surface area contributed by atoms with Crippen molar-refractivity contribution in [3.05, 3.63) is 0 Å². The number of hydrogen-bond acceptors (Lipinski definition) is 4. The van der Waals surface area contributed by atoms with E-state index in [1.165, 1.54) is 12.8 Å². The third kappa shape index (κ3) is 2.83. The molecule has 0 aromatic carbocycles. The quantitative estimate of drug-likeness (QED) is 0.808. The summed E-state index contributed by atoms with van der Waals surface area (Å²) in [6.07, 6.45) is 6.80. The van der Waals surface area contributed by atoms with E-state index in [0.717, 1.165) is 12.8 Å². The van der Waals surface area contributed by atoms with Gasteiger partial charge >= 0.3 is 0 Å². The van der Waals surface area contributed by atoms with E-state index in [4.69, 9.17) is 10.5 Å². The number of hydrogen-bond donors (Lipinski definition) is 2. The highest BCUT2D eigenvalue weighted by Gasteiger charge is 2.45. The van der Waals surface area contributed by atoms with Crippen molar-refractivity contribution in [2.24, 2.45) is 11.1 Å². The van der Waals surface area contributed by atoms with Gasteiger partial charge in [-0.15, -0.1) is 0 Å². The number of ether oxygens (including phenoxy) is 1. The number of nitrogens with one attached hydrogen (secondary N) is 1. The molecular formula is C13H24N2O2S. The average Bonchev–Trinajstić information content (AvgIpc) is 2.71. The van der Waals surface area contributed by atoms with Crippen LogP contribution >= 0.6 is 11.8 Å². The zero-order valence-electron chi connectivity index (χ0n) is 11.3. The minimum atomic E-state index is -0.549. The van der Waals surface area contributed by atoms with Crippen LogP contribution < -0.4 is 11.1 Å². The molecule has 104 valence electrons. The number of amides is 1. The molecule has 3 N–H and O–H groups in total. The molecule has 0 radical (unpaired) electrons. The molecule has 1 aliphatic carbocycles. The Balaban J connectivity index is 1.91. The number of carbonyl (C=O) groups excluding carboxylic acids is 1. The van der Waals surface area contributed by atoms with Gasteiger partial charge in [0.2, 0.25) is 5.91 Å². The molecule has 0 aromatic rings. The topological polar surface area (TPSA) is 64.3 Å². The molecule has 2 rings (SSSR count). The van der Waals surface area contributed by atoms with E-state index in [9.17, 15) is 4.79 Å². The minimum absolute atomic E-state index is 0.0688. The predicted octanol–water partition coefficient (Wildman–Crippen LogP) is 1.14. The van der Waals surface area contributed by atoms with Crippen LogP contribution in [-0.2, 0) is 9.53 Å². The van der Waals surface area contributed by atoms with Crippen LogP contribution in [0.2, 0.25) is 0 Å². The molecule has 0 spiro atoms. The van der Waals surface area contributed by atoms with Gasteiger partial charge in [0.25, 0.3) is 0 Å². The second kappa shape index (κ2) is 5.80. The summed E-state index contributed by atoms with van der Waals surface area (Å²) in [5.41, 5.74) is 5.43. The van der Waals surface area contributed by atoms with Crippen molar-refractivity contribution < 1.29 is 9.53 Å². The number of nitrogens with two attached hydrogens (primary N) is 1. The fourth-order valence-corrected chi connectivity index (χ4v) is 3.59. The third-order valence-electron chi connectivity index (χ3n) is 4.33. The van der Waals surface area contributed by atoms with Crippen LogP contribution in [0.1, 0.15) is 32.6 Å². The van der Waals surface area contributed by atoms with Crippen LogP contribution in [0.5, 0.6) is 0 Å². The SMILES string of the molecule is CSC1CCCC(NC(=O)C2(C)COCC2N)C1. The Bertz CT molecular complexity index is 313. The van der Waals surface area contributed by atoms with Crippen LogP contribution in [0.15, 0.2) is 0 Å². The molecule has 1 aliphatic heterocycles. The van der Waals surface area contributed by atoms with E-state index in [2.05, 4.69) is 11.6 Å². The van der Waals surface area contributed by atoms with E-state index in [1.807, 2.05) is 18.7 Å². The maximum Gasteiger partial charge on any atom is 0.230 e. The van der Waals surface area contributed by atoms with Gasteiger partial charge in [-0.05, 0) is 32.4 Å². The predicted molar refractivity (Wildman–Crippen MR) is 74.6 cm³/mol. The van der Waals surface area contributed by atoms with Gasteiger partial charge in [0, 0.05) is 17.3 Å². The van der Waals surface area contributed by atoms with Gasteiger partial charge in [-0.2, -0.15) is 11.8 Å². The Labute approximate surface area is 113 Å². The highest BCUT2D eigenvalue weighted by molar-refractivity contribution is 7.99. The minimum Gasteiger partial charge on any atom is -0.379 e. The van der Waals surface area contributed by atoms with Gasteiger partial charge in [0.1, 0.15) is 0 Å². The normalized spacial score (nSPS) is 40.7. The Hall–Kier alpha value is -0.260. The third-order valence-corrected chi connectivity index (χ3v) is 5.43. The fourth-order valence-electron chi connectivity index (χ4n) is 2.76. The molecule has 0 bridgehead atoms. The van der Waals surface area contributed by atoms with E-state index < -0.39 is 5.41 Å². The highest BCUT2D eigenvalue weighted by atomic mass is 32.2. The van der Waals surface area contributed by atoms with Crippen LogP contribution in [0.3, 0.4) is 0 Å². The van der Waals surface area contributed by atoms with Crippen LogP contribution in [0, 0.1) is 5.41 Å². The lowest BCUT2D eigenvalue weighted by Gasteiger charge is -2.32. The van der Waals surface area contributed by atoms with Crippen LogP contribution in [-0.4, -0.2) is 42.7 Å². The summed E-state index contributed by atoms with van der Waals surface area (Å²) in [6.45, 7) is 2.84. The molecule has 2 fully saturated rings. The van der Waals surface area contributed by atoms with Crippen molar-refractivity contribution in [2.75, 3.05) is 19.5 Å². The molecule has 18 heavy (non-hydrogen) atoms. The molecule has 1 amide bonds. The number of rotatable bonds is 3. The summed E-state index contributed by atoms with van der Waals surface area (Å²) >= 11 is 1.91. The first-order valence-corrected chi connectivity index (χ1v) is 8.02. The average molecular weight is 272 g/mol. The van der Waals surface area contributed by atoms with Crippen molar-refractivity contribution in [1.29, 1.82) is 0 Å². The molecule has 4 atom stereocenters. The smallest absolute Gasteiger partial charge is 0.230 e. The van der Waals surface area contributed by atoms with Crippen LogP contribution in [0.4, 0.5) is 0 Å². The van der Waals surface area contributed by atoms with E-state index in [0.29, 0.717) is 24.5 Å². The molecule has 1 saturated carbocycles. The summed E-state index contributed by atoms with van der Waals surface area (Å²) < 4.78 is 5.34. The standard InChI is InChI=1S/C13H24N2O2S/c1-13(8-17-7-11(13)14)12(16)15-9-4-3-5-10(6-9)18-2/h9-11H,3-8,14H2,1-2H3,(H,15,16). The summed E-state index contributed by atoms with van der Waals surface area (Å²) in [5, 5.41) is 3.87. The molecule has 4 nitrogen and oxygen atoms in total. The zero-order chi connectivity index (χ0) is 13.2. The lowest BCUT2D eigenvalue weighted by Crippen LogP contribution is -2.53. The van der Waals surface area contributed by atoms with Gasteiger partial charge in [-0.25, -0.2) is 0 Å². The molecule has 5 heteroatoms. The highest BCUT2D eigenvalue weighted by Crippen LogP contribution is 2.30. The molecule has 4 unspecified atom stereocenters. The monoisotopic (exact) mass is 272 g/mol. The van der Waals surface area contributed by atoms with Crippen molar-refractivity contribution in [3.63, 3.8) is 0 Å². The first-order valence-electron chi connectivity index (χ1n) is 6.73. The van der Waals surface area contributed by atoms with E-state index in [-0.39, 0.29) is 11.9 Å². The van der Waals surface area contributed by atoms with E-state index in [1.54, 1.807) is 0 Å². The summed E-state index contributed by atoms with van der Waals surface area (Å²) in [7, 11) is 0. The Morgan fingerprint density at radius 3 is 2.89 bits per heavy atom. The van der Waals surface area contributed by atoms with Gasteiger partial charge < -0.3 is 15.8 Å². The lowest BCUT2D eigenvalue weighted by atomic mass is 9.84. The van der Waals surface area contributed by atoms with Gasteiger partial charge in [-0.1, -0.05) is 6.42 Å². The number of carbonyl (C=O) groups is 1. The van der Waals surface area contributed by atoms with Crippen molar-refractivity contribution in [1.82, 2.24) is 5.32 Å². The first-order chi connectivity index (χ1) is 8.56. The summed E-state index contributed by atoms with van der Waals surface area (Å²) in [5.74, 6) is 0.0688. The maximum atomic E-state index is 12.4. The second-order valence-corrected chi connectivity index (χ2v) is 6.87. The van der Waals surface area contributed by atoms with Gasteiger partial charge in [-0.3, -0.25) is 4.79 Å². The number of thioether (sulfide) groups is 1. The van der Waals surface area contributed by atoms with Gasteiger partial charge in [0.15, 0.2) is 0 Å². The van der Waals surface area contributed by atoms with Crippen molar-refractivity contribution >= 4 is 17.7 Å². The maximum absolute atomic E-state index is 12.4. The largest absolute Gasteiger partial charge is 0.379 e. The Kier molecular flexibility index (Phi) is 4.56. The first kappa shape index (κ1) is 14.2. The molecule has 2 aliphatic rings. The molecule has 0 aromatic heterocycles. The molecule has 1 heterocycles. The van der Waals surface area contributed by atoms with Crippen LogP contribution in [0.25, 0.3) is 0 Å². The van der Waals surface area contributed by atoms with E-state index >= 15 is 0 Å². The van der Waals surface area contributed by atoms with Gasteiger partial charge in [0.05, 0.1) is 18.6 Å². The molecular weight excluding hydrogens is 248 g/mol. The second-order valence-electron chi connectivity index (χ2n) is 5.73. The van der Waals surface area contributed by atoms with Crippen molar-refractivity contribution in [2.45, 2.75) is 49.9 Å². The summed E-state index contributed by atoms with van der Waals surface area (Å²) in [4.78, 5) is 12.4. The Morgan fingerprint density at radius 2 is 2.28 bits per heavy atom. The Morgan fingerprint density at radius 1 is 1.50 bits per heavy atom. The molecule has 1 saturated heterocycles. The zero-order valence-corrected chi connectivity index (χ0v) is 12.1. The lowest BCUT2D eigenvalue weighted by molar-refractivity contribution is -0.131. The van der Waals surface area contributed by atoms with Crippen molar-refractivity contribution in [3.8, 4) is 0 Å². The fraction of sp³-hybridized carbons (Fsp3) is 0.923. The summed E-state index contributed by atoms with van der Waals surface area (Å²) in [6, 6.07) is 0.130.